The minimum Gasteiger partial charge on any atom is -0.322 e. The third-order valence-electron chi connectivity index (χ3n) is 1.82. The fourth-order valence-corrected chi connectivity index (χ4v) is 1.14. The van der Waals surface area contributed by atoms with Crippen molar-refractivity contribution in [1.82, 2.24) is 0 Å². The number of aryl methyl sites for hydroxylation is 1. The number of carbonyl (C=O) groups is 1. The molecular formula is C12H15NO. The van der Waals surface area contributed by atoms with Gasteiger partial charge in [0, 0.05) is 11.8 Å². The maximum Gasteiger partial charge on any atom is 0.248 e. The summed E-state index contributed by atoms with van der Waals surface area (Å²) in [5, 5.41) is 2.83. The molecule has 2 heteroatoms. The number of hydrogen-bond acceptors (Lipinski definition) is 1. The Kier molecular flexibility index (Phi) is 3.46. The Morgan fingerprint density at radius 1 is 1.29 bits per heavy atom. The summed E-state index contributed by atoms with van der Waals surface area (Å²) in [6, 6.07) is 7.72. The molecule has 0 aliphatic carbocycles. The van der Waals surface area contributed by atoms with Gasteiger partial charge in [-0.05, 0) is 32.4 Å². The van der Waals surface area contributed by atoms with E-state index in [1.807, 2.05) is 45.0 Å². The first kappa shape index (κ1) is 10.5. The normalized spacial score (nSPS) is 9.36. The number of amides is 1. The molecule has 1 N–H and O–H groups in total. The molecule has 1 aromatic carbocycles. The Hall–Kier alpha value is -1.57. The summed E-state index contributed by atoms with van der Waals surface area (Å²) in [7, 11) is 0. The summed E-state index contributed by atoms with van der Waals surface area (Å²) in [6.07, 6.45) is 1.59. The van der Waals surface area contributed by atoms with Crippen LogP contribution >= 0.6 is 0 Å². The number of para-hydroxylation sites is 1. The lowest BCUT2D eigenvalue weighted by Gasteiger charge is -2.05. The molecule has 74 valence electrons. The van der Waals surface area contributed by atoms with Crippen LogP contribution < -0.4 is 5.32 Å². The second kappa shape index (κ2) is 4.61. The van der Waals surface area contributed by atoms with Gasteiger partial charge in [-0.25, -0.2) is 0 Å². The Labute approximate surface area is 84.6 Å². The molecule has 0 saturated carbocycles. The number of allylic oxidation sites excluding steroid dienone is 1. The Morgan fingerprint density at radius 3 is 2.50 bits per heavy atom. The van der Waals surface area contributed by atoms with Crippen molar-refractivity contribution in [2.75, 3.05) is 5.32 Å². The first-order chi connectivity index (χ1) is 6.59. The van der Waals surface area contributed by atoms with Crippen molar-refractivity contribution in [3.63, 3.8) is 0 Å². The molecule has 0 unspecified atom stereocenters. The summed E-state index contributed by atoms with van der Waals surface area (Å²) >= 11 is 0. The largest absolute Gasteiger partial charge is 0.322 e. The molecule has 1 aromatic rings. The van der Waals surface area contributed by atoms with Crippen LogP contribution in [0.15, 0.2) is 35.9 Å². The molecule has 0 aromatic heterocycles. The highest BCUT2D eigenvalue weighted by Crippen LogP contribution is 2.12. The molecule has 0 fully saturated rings. The highest BCUT2D eigenvalue weighted by Gasteiger charge is 1.99. The van der Waals surface area contributed by atoms with Crippen molar-refractivity contribution in [3.8, 4) is 0 Å². The lowest BCUT2D eigenvalue weighted by atomic mass is 10.2. The van der Waals surface area contributed by atoms with Gasteiger partial charge in [-0.3, -0.25) is 4.79 Å². The second-order valence-electron chi connectivity index (χ2n) is 3.53. The van der Waals surface area contributed by atoms with Crippen LogP contribution in [0, 0.1) is 6.92 Å². The SMILES string of the molecule is CC(C)=CC(=O)Nc1ccccc1C. The standard InChI is InChI=1S/C12H15NO/c1-9(2)8-12(14)13-11-7-5-4-6-10(11)3/h4-8H,1-3H3,(H,13,14). The molecule has 0 heterocycles. The van der Waals surface area contributed by atoms with E-state index in [0.29, 0.717) is 0 Å². The quantitative estimate of drug-likeness (QED) is 0.712. The van der Waals surface area contributed by atoms with E-state index in [1.165, 1.54) is 0 Å². The van der Waals surface area contributed by atoms with Gasteiger partial charge < -0.3 is 5.32 Å². The van der Waals surface area contributed by atoms with Crippen molar-refractivity contribution < 1.29 is 4.79 Å². The molecule has 2 nitrogen and oxygen atoms in total. The second-order valence-corrected chi connectivity index (χ2v) is 3.53. The molecule has 0 bridgehead atoms. The van der Waals surface area contributed by atoms with E-state index in [0.717, 1.165) is 16.8 Å². The molecule has 14 heavy (non-hydrogen) atoms. The van der Waals surface area contributed by atoms with Crippen LogP contribution in [0.4, 0.5) is 5.69 Å². The lowest BCUT2D eigenvalue weighted by Crippen LogP contribution is -2.09. The minimum absolute atomic E-state index is 0.0701. The molecule has 1 amide bonds. The first-order valence-corrected chi connectivity index (χ1v) is 4.61. The maximum absolute atomic E-state index is 11.4. The predicted molar refractivity (Wildman–Crippen MR) is 59.2 cm³/mol. The van der Waals surface area contributed by atoms with Crippen molar-refractivity contribution >= 4 is 11.6 Å². The summed E-state index contributed by atoms with van der Waals surface area (Å²) in [4.78, 5) is 11.4. The van der Waals surface area contributed by atoms with Crippen molar-refractivity contribution in [1.29, 1.82) is 0 Å². The molecule has 0 spiro atoms. The zero-order valence-electron chi connectivity index (χ0n) is 8.79. The molecule has 0 aliphatic rings. The van der Waals surface area contributed by atoms with E-state index >= 15 is 0 Å². The number of rotatable bonds is 2. The summed E-state index contributed by atoms with van der Waals surface area (Å²) in [6.45, 7) is 5.77. The zero-order valence-corrected chi connectivity index (χ0v) is 8.79. The Bertz CT molecular complexity index is 362. The molecular weight excluding hydrogens is 174 g/mol. The molecule has 0 aliphatic heterocycles. The molecule has 0 radical (unpaired) electrons. The van der Waals surface area contributed by atoms with Gasteiger partial charge in [0.1, 0.15) is 0 Å². The smallest absolute Gasteiger partial charge is 0.248 e. The lowest BCUT2D eigenvalue weighted by molar-refractivity contribution is -0.111. The molecule has 1 rings (SSSR count). The van der Waals surface area contributed by atoms with Crippen LogP contribution in [0.3, 0.4) is 0 Å². The fourth-order valence-electron chi connectivity index (χ4n) is 1.14. The number of carbonyl (C=O) groups excluding carboxylic acids is 1. The van der Waals surface area contributed by atoms with E-state index in [9.17, 15) is 4.79 Å². The van der Waals surface area contributed by atoms with Crippen molar-refractivity contribution in [2.24, 2.45) is 0 Å². The van der Waals surface area contributed by atoms with Crippen LogP contribution in [0.1, 0.15) is 19.4 Å². The van der Waals surface area contributed by atoms with Crippen LogP contribution in [0.2, 0.25) is 0 Å². The van der Waals surface area contributed by atoms with E-state index in [2.05, 4.69) is 5.32 Å². The average molecular weight is 189 g/mol. The number of benzene rings is 1. The third-order valence-corrected chi connectivity index (χ3v) is 1.82. The van der Waals surface area contributed by atoms with Gasteiger partial charge in [0.25, 0.3) is 0 Å². The van der Waals surface area contributed by atoms with Crippen LogP contribution in [-0.4, -0.2) is 5.91 Å². The Balaban J connectivity index is 2.75. The van der Waals surface area contributed by atoms with Gasteiger partial charge >= 0.3 is 0 Å². The van der Waals surface area contributed by atoms with Gasteiger partial charge in [0.05, 0.1) is 0 Å². The maximum atomic E-state index is 11.4. The monoisotopic (exact) mass is 189 g/mol. The van der Waals surface area contributed by atoms with E-state index in [-0.39, 0.29) is 5.91 Å². The fraction of sp³-hybridized carbons (Fsp3) is 0.250. The number of hydrogen-bond donors (Lipinski definition) is 1. The van der Waals surface area contributed by atoms with Gasteiger partial charge in [-0.15, -0.1) is 0 Å². The van der Waals surface area contributed by atoms with Crippen LogP contribution in [0.5, 0.6) is 0 Å². The molecule has 0 saturated heterocycles. The predicted octanol–water partition coefficient (Wildman–Crippen LogP) is 2.90. The highest BCUT2D eigenvalue weighted by atomic mass is 16.1. The van der Waals surface area contributed by atoms with Crippen LogP contribution in [0.25, 0.3) is 0 Å². The number of nitrogens with one attached hydrogen (secondary N) is 1. The minimum atomic E-state index is -0.0701. The van der Waals surface area contributed by atoms with Gasteiger partial charge in [0.2, 0.25) is 5.91 Å². The first-order valence-electron chi connectivity index (χ1n) is 4.61. The summed E-state index contributed by atoms with van der Waals surface area (Å²) in [5.41, 5.74) is 2.94. The van der Waals surface area contributed by atoms with E-state index < -0.39 is 0 Å². The van der Waals surface area contributed by atoms with E-state index in [4.69, 9.17) is 0 Å². The topological polar surface area (TPSA) is 29.1 Å². The van der Waals surface area contributed by atoms with Crippen molar-refractivity contribution in [2.45, 2.75) is 20.8 Å². The van der Waals surface area contributed by atoms with Gasteiger partial charge in [0.15, 0.2) is 0 Å². The Morgan fingerprint density at radius 2 is 1.93 bits per heavy atom. The summed E-state index contributed by atoms with van der Waals surface area (Å²) < 4.78 is 0. The summed E-state index contributed by atoms with van der Waals surface area (Å²) in [5.74, 6) is -0.0701. The van der Waals surface area contributed by atoms with Crippen molar-refractivity contribution in [3.05, 3.63) is 41.5 Å². The average Bonchev–Trinajstić information content (AvgIpc) is 2.07. The van der Waals surface area contributed by atoms with Gasteiger partial charge in [-0.1, -0.05) is 23.8 Å². The van der Waals surface area contributed by atoms with Crippen LogP contribution in [-0.2, 0) is 4.79 Å². The zero-order chi connectivity index (χ0) is 10.6. The number of anilines is 1. The van der Waals surface area contributed by atoms with Gasteiger partial charge in [-0.2, -0.15) is 0 Å². The molecule has 0 atom stereocenters. The third kappa shape index (κ3) is 3.05. The highest BCUT2D eigenvalue weighted by molar-refractivity contribution is 6.00. The van der Waals surface area contributed by atoms with E-state index in [1.54, 1.807) is 6.08 Å².